The standard InChI is InChI=1S/C44H28O/c1-3-14-29(15-4-1)31-18-13-19-32(28-31)41-34-20-7-9-22-36(34)42(37-23-10-8-21-35(37)41)44-33(30-16-5-2-6-17-30)26-27-40-43(44)38-24-11-12-25-39(38)45-40/h1-28H/i1D,2D,3D,4D,5D,6D,11D,12D,14D,15D,16D,17D,24D,25D,26D,27D. The van der Waals surface area contributed by atoms with Gasteiger partial charge in [-0.2, -0.15) is 0 Å². The van der Waals surface area contributed by atoms with Gasteiger partial charge in [0.2, 0.25) is 0 Å². The summed E-state index contributed by atoms with van der Waals surface area (Å²) in [4.78, 5) is 0. The third-order valence-corrected chi connectivity index (χ3v) is 8.01. The molecule has 0 saturated heterocycles. The summed E-state index contributed by atoms with van der Waals surface area (Å²) in [6.45, 7) is 0. The molecular weight excluding hydrogens is 544 g/mol. The summed E-state index contributed by atoms with van der Waals surface area (Å²) in [7, 11) is 0. The van der Waals surface area contributed by atoms with Gasteiger partial charge in [0.05, 0.1) is 21.9 Å². The van der Waals surface area contributed by atoms with E-state index in [0.29, 0.717) is 43.8 Å². The molecule has 0 bridgehead atoms. The maximum atomic E-state index is 9.51. The summed E-state index contributed by atoms with van der Waals surface area (Å²) < 4.78 is 146. The van der Waals surface area contributed by atoms with E-state index >= 15 is 0 Å². The number of benzene rings is 8. The van der Waals surface area contributed by atoms with Crippen LogP contribution in [-0.4, -0.2) is 0 Å². The average Bonchev–Trinajstić information content (AvgIpc) is 3.67. The summed E-state index contributed by atoms with van der Waals surface area (Å²) in [6.07, 6.45) is 0. The van der Waals surface area contributed by atoms with Crippen LogP contribution >= 0.6 is 0 Å². The van der Waals surface area contributed by atoms with Crippen molar-refractivity contribution >= 4 is 43.5 Å². The van der Waals surface area contributed by atoms with Gasteiger partial charge >= 0.3 is 0 Å². The first-order chi connectivity index (χ1) is 29.0. The Labute approximate surface area is 284 Å². The highest BCUT2D eigenvalue weighted by Gasteiger charge is 2.23. The number of hydrogen-bond acceptors (Lipinski definition) is 1. The third-order valence-electron chi connectivity index (χ3n) is 8.01. The Morgan fingerprint density at radius 1 is 0.378 bits per heavy atom. The molecule has 0 radical (unpaired) electrons. The monoisotopic (exact) mass is 588 g/mol. The van der Waals surface area contributed by atoms with Gasteiger partial charge in [0.1, 0.15) is 11.2 Å². The second-order valence-corrected chi connectivity index (χ2v) is 10.4. The quantitative estimate of drug-likeness (QED) is 0.186. The van der Waals surface area contributed by atoms with E-state index in [1.807, 2.05) is 18.2 Å². The van der Waals surface area contributed by atoms with Crippen molar-refractivity contribution in [3.8, 4) is 44.5 Å². The van der Waals surface area contributed by atoms with E-state index in [2.05, 4.69) is 0 Å². The van der Waals surface area contributed by atoms with E-state index in [-0.39, 0.29) is 56.3 Å². The Morgan fingerprint density at radius 2 is 0.956 bits per heavy atom. The van der Waals surface area contributed by atoms with E-state index in [1.54, 1.807) is 54.6 Å². The van der Waals surface area contributed by atoms with Crippen molar-refractivity contribution in [2.45, 2.75) is 0 Å². The molecule has 1 heterocycles. The number of fused-ring (bicyclic) bond motifs is 5. The molecule has 0 aliphatic carbocycles. The largest absolute Gasteiger partial charge is 0.456 e. The molecule has 45 heavy (non-hydrogen) atoms. The maximum Gasteiger partial charge on any atom is 0.136 e. The van der Waals surface area contributed by atoms with E-state index in [4.69, 9.17) is 23.6 Å². The molecule has 0 saturated carbocycles. The fourth-order valence-electron chi connectivity index (χ4n) is 6.20. The van der Waals surface area contributed by atoms with Gasteiger partial charge in [-0.3, -0.25) is 0 Å². The van der Waals surface area contributed by atoms with Gasteiger partial charge in [0.25, 0.3) is 0 Å². The summed E-state index contributed by atoms with van der Waals surface area (Å²) >= 11 is 0. The molecule has 0 amide bonds. The zero-order chi connectivity index (χ0) is 43.7. The molecule has 0 N–H and O–H groups in total. The first-order valence-corrected chi connectivity index (χ1v) is 14.1. The second kappa shape index (κ2) is 10.4. The molecule has 9 aromatic rings. The average molecular weight is 589 g/mol. The number of hydrogen-bond donors (Lipinski definition) is 0. The lowest BCUT2D eigenvalue weighted by Crippen LogP contribution is -1.94. The van der Waals surface area contributed by atoms with E-state index in [9.17, 15) is 2.74 Å². The number of para-hydroxylation sites is 1. The first-order valence-electron chi connectivity index (χ1n) is 22.1. The zero-order valence-electron chi connectivity index (χ0n) is 39.3. The molecule has 210 valence electrons. The molecule has 8 aromatic carbocycles. The van der Waals surface area contributed by atoms with Gasteiger partial charge in [-0.05, 0) is 78.6 Å². The van der Waals surface area contributed by atoms with Crippen molar-refractivity contribution in [3.63, 3.8) is 0 Å². The predicted octanol–water partition coefficient (Wildman–Crippen LogP) is 12.6. The summed E-state index contributed by atoms with van der Waals surface area (Å²) in [5.41, 5.74) is 0.856. The molecule has 1 aromatic heterocycles. The second-order valence-electron chi connectivity index (χ2n) is 10.4. The molecule has 0 atom stereocenters. The minimum Gasteiger partial charge on any atom is -0.456 e. The van der Waals surface area contributed by atoms with Crippen LogP contribution in [0, 0.1) is 0 Å². The molecule has 1 heteroatoms. The van der Waals surface area contributed by atoms with E-state index in [0.717, 1.165) is 0 Å². The Balaban J connectivity index is 1.51. The Kier molecular flexibility index (Phi) is 3.28. The normalized spacial score (nSPS) is 16.5. The molecule has 9 rings (SSSR count). The van der Waals surface area contributed by atoms with Crippen LogP contribution in [-0.2, 0) is 0 Å². The van der Waals surface area contributed by atoms with Crippen LogP contribution in [0.4, 0.5) is 0 Å². The lowest BCUT2D eigenvalue weighted by molar-refractivity contribution is 0.669. The van der Waals surface area contributed by atoms with Crippen LogP contribution in [0.2, 0.25) is 0 Å². The highest BCUT2D eigenvalue weighted by molar-refractivity contribution is 6.27. The van der Waals surface area contributed by atoms with Crippen LogP contribution in [0.15, 0.2) is 174 Å². The van der Waals surface area contributed by atoms with Gasteiger partial charge in [-0.25, -0.2) is 0 Å². The van der Waals surface area contributed by atoms with Gasteiger partial charge in [0.15, 0.2) is 0 Å². The molecule has 0 fully saturated rings. The molecular formula is C44H28O. The molecule has 0 aliphatic rings. The fourth-order valence-corrected chi connectivity index (χ4v) is 6.20. The molecule has 0 aliphatic heterocycles. The highest BCUT2D eigenvalue weighted by Crippen LogP contribution is 2.50. The molecule has 0 unspecified atom stereocenters. The SMILES string of the molecule is [2H]c1c([2H])c([2H])c(-c2cccc(-c3c4ccccc4c(-c4c(-c5c([2H])c([2H])c([2H])c([2H])c5[2H])c([2H])c([2H])c5oc6c([2H])c([2H])c([2H])c([2H])c6c45)c4ccccc34)c2)c([2H])c1[2H]. The third kappa shape index (κ3) is 4.09. The van der Waals surface area contributed by atoms with Crippen LogP contribution in [0.5, 0.6) is 0 Å². The predicted molar refractivity (Wildman–Crippen MR) is 190 cm³/mol. The van der Waals surface area contributed by atoms with Gasteiger partial charge < -0.3 is 4.42 Å². The van der Waals surface area contributed by atoms with Crippen LogP contribution in [0.3, 0.4) is 0 Å². The van der Waals surface area contributed by atoms with Gasteiger partial charge in [-0.15, -0.1) is 0 Å². The fraction of sp³-hybridized carbons (Fsp3) is 0. The lowest BCUT2D eigenvalue weighted by atomic mass is 9.82. The molecule has 0 spiro atoms. The van der Waals surface area contributed by atoms with Crippen molar-refractivity contribution in [1.82, 2.24) is 0 Å². The Hall–Kier alpha value is -5.92. The Morgan fingerprint density at radius 3 is 1.64 bits per heavy atom. The van der Waals surface area contributed by atoms with Crippen molar-refractivity contribution in [2.75, 3.05) is 0 Å². The number of rotatable bonds is 4. The van der Waals surface area contributed by atoms with Crippen LogP contribution in [0.1, 0.15) is 21.9 Å². The summed E-state index contributed by atoms with van der Waals surface area (Å²) in [5, 5.41) is 2.08. The van der Waals surface area contributed by atoms with Crippen molar-refractivity contribution in [2.24, 2.45) is 0 Å². The minimum atomic E-state index is -0.684. The van der Waals surface area contributed by atoms with Crippen molar-refractivity contribution in [3.05, 3.63) is 169 Å². The maximum absolute atomic E-state index is 9.51. The smallest absolute Gasteiger partial charge is 0.136 e. The van der Waals surface area contributed by atoms with Crippen molar-refractivity contribution < 1.29 is 26.3 Å². The van der Waals surface area contributed by atoms with E-state index < -0.39 is 84.6 Å². The van der Waals surface area contributed by atoms with Crippen LogP contribution < -0.4 is 0 Å². The summed E-state index contributed by atoms with van der Waals surface area (Å²) in [6, 6.07) is 12.3. The molecule has 1 nitrogen and oxygen atoms in total. The van der Waals surface area contributed by atoms with Gasteiger partial charge in [-0.1, -0.05) is 151 Å². The number of furan rings is 1. The Bertz CT molecular complexity index is 3330. The zero-order valence-corrected chi connectivity index (χ0v) is 23.3. The topological polar surface area (TPSA) is 13.1 Å². The highest BCUT2D eigenvalue weighted by atomic mass is 16.3. The minimum absolute atomic E-state index is 0.0126. The van der Waals surface area contributed by atoms with E-state index in [1.165, 1.54) is 0 Å². The summed E-state index contributed by atoms with van der Waals surface area (Å²) in [5.74, 6) is 0. The first kappa shape index (κ1) is 14.2. The lowest BCUT2D eigenvalue weighted by Gasteiger charge is -2.20. The van der Waals surface area contributed by atoms with Gasteiger partial charge in [0, 0.05) is 16.3 Å². The van der Waals surface area contributed by atoms with Crippen LogP contribution in [0.25, 0.3) is 88.0 Å². The van der Waals surface area contributed by atoms with Crippen molar-refractivity contribution in [1.29, 1.82) is 0 Å².